The normalized spacial score (nSPS) is 24.0. The summed E-state index contributed by atoms with van der Waals surface area (Å²) >= 11 is 6.68. The van der Waals surface area contributed by atoms with Gasteiger partial charge in [0.05, 0.1) is 13.2 Å². The molecule has 1 aromatic carbocycles. The van der Waals surface area contributed by atoms with Gasteiger partial charge in [0, 0.05) is 35.6 Å². The van der Waals surface area contributed by atoms with Gasteiger partial charge in [-0.2, -0.15) is 17.7 Å². The van der Waals surface area contributed by atoms with Gasteiger partial charge in [0.15, 0.2) is 5.69 Å². The number of carbonyl (C=O) groups excluding carboxylic acids is 1. The molecule has 0 radical (unpaired) electrons. The maximum Gasteiger partial charge on any atom is 0.304 e. The summed E-state index contributed by atoms with van der Waals surface area (Å²) in [5.74, 6) is -0.448. The van der Waals surface area contributed by atoms with Gasteiger partial charge < -0.3 is 14.5 Å². The SMILES string of the molecule is O=C(NS(=O)(=O)N1C[C@H]2COC[C@H]2C1)c1coc(Nc2c3c(c(Cl)c4c2CCC4)CCC3)n1. The van der Waals surface area contributed by atoms with Crippen LogP contribution in [0.1, 0.15) is 45.6 Å². The molecule has 2 aromatic rings. The summed E-state index contributed by atoms with van der Waals surface area (Å²) < 4.78 is 39.7. The Kier molecular flexibility index (Phi) is 5.17. The summed E-state index contributed by atoms with van der Waals surface area (Å²) in [6.07, 6.45) is 7.05. The molecule has 2 fully saturated rings. The van der Waals surface area contributed by atoms with Gasteiger partial charge in [-0.25, -0.2) is 4.72 Å². The van der Waals surface area contributed by atoms with E-state index in [2.05, 4.69) is 15.0 Å². The Morgan fingerprint density at radius 2 is 1.64 bits per heavy atom. The molecule has 9 nitrogen and oxygen atoms in total. The predicted octanol–water partition coefficient (Wildman–Crippen LogP) is 2.60. The number of nitrogens with zero attached hydrogens (tertiary/aromatic N) is 2. The molecule has 33 heavy (non-hydrogen) atoms. The van der Waals surface area contributed by atoms with Crippen molar-refractivity contribution in [3.8, 4) is 0 Å². The van der Waals surface area contributed by atoms with Crippen molar-refractivity contribution in [3.63, 3.8) is 0 Å². The molecule has 1 aromatic heterocycles. The summed E-state index contributed by atoms with van der Waals surface area (Å²) in [6.45, 7) is 1.82. The van der Waals surface area contributed by atoms with Crippen molar-refractivity contribution in [1.29, 1.82) is 0 Å². The highest BCUT2D eigenvalue weighted by Crippen LogP contribution is 2.44. The zero-order chi connectivity index (χ0) is 22.7. The maximum atomic E-state index is 12.7. The van der Waals surface area contributed by atoms with Gasteiger partial charge in [-0.05, 0) is 60.8 Å². The van der Waals surface area contributed by atoms with Crippen molar-refractivity contribution in [3.05, 3.63) is 39.2 Å². The highest BCUT2D eigenvalue weighted by atomic mass is 35.5. The van der Waals surface area contributed by atoms with Crippen molar-refractivity contribution in [2.24, 2.45) is 11.8 Å². The van der Waals surface area contributed by atoms with Gasteiger partial charge >= 0.3 is 10.2 Å². The zero-order valence-electron chi connectivity index (χ0n) is 18.0. The van der Waals surface area contributed by atoms with Crippen LogP contribution in [0.3, 0.4) is 0 Å². The Labute approximate surface area is 197 Å². The Morgan fingerprint density at radius 3 is 2.27 bits per heavy atom. The summed E-state index contributed by atoms with van der Waals surface area (Å²) in [7, 11) is -3.96. The van der Waals surface area contributed by atoms with Gasteiger partial charge in [0.1, 0.15) is 6.26 Å². The summed E-state index contributed by atoms with van der Waals surface area (Å²) in [6, 6.07) is 0.163. The Hall–Kier alpha value is -2.14. The fourth-order valence-electron chi connectivity index (χ4n) is 5.66. The molecule has 1 amide bonds. The maximum absolute atomic E-state index is 12.7. The number of ether oxygens (including phenoxy) is 1. The van der Waals surface area contributed by atoms with E-state index in [9.17, 15) is 13.2 Å². The standard InChI is InChI=1S/C22H25ClN4O5S/c23-19-14-3-1-5-16(14)20(17-6-2-4-15(17)19)25-22-24-18(11-32-22)21(28)26-33(29,30)27-7-12-9-31-10-13(12)8-27/h11-13H,1-10H2,(H,24,25)(H,26,28)/t12-,13+. The molecule has 4 aliphatic rings. The zero-order valence-corrected chi connectivity index (χ0v) is 19.6. The van der Waals surface area contributed by atoms with Crippen LogP contribution in [-0.4, -0.2) is 49.9 Å². The molecule has 2 aliphatic carbocycles. The van der Waals surface area contributed by atoms with E-state index in [0.29, 0.717) is 26.3 Å². The number of oxazole rings is 1. The minimum atomic E-state index is -3.96. The molecule has 2 saturated heterocycles. The second-order valence-electron chi connectivity index (χ2n) is 9.28. The number of aromatic nitrogens is 1. The van der Waals surface area contributed by atoms with Crippen LogP contribution < -0.4 is 10.0 Å². The molecule has 0 unspecified atom stereocenters. The molecule has 6 rings (SSSR count). The first kappa shape index (κ1) is 21.4. The van der Waals surface area contributed by atoms with E-state index in [1.807, 2.05) is 0 Å². The predicted molar refractivity (Wildman–Crippen MR) is 121 cm³/mol. The molecule has 176 valence electrons. The minimum Gasteiger partial charge on any atom is -0.431 e. The number of fused-ring (bicyclic) bond motifs is 3. The molecule has 0 spiro atoms. The van der Waals surface area contributed by atoms with Gasteiger partial charge in [-0.1, -0.05) is 11.6 Å². The Bertz CT molecular complexity index is 1200. The molecule has 0 bridgehead atoms. The number of halogens is 1. The lowest BCUT2D eigenvalue weighted by molar-refractivity contribution is 0.0974. The fraction of sp³-hybridized carbons (Fsp3) is 0.545. The number of hydrogen-bond donors (Lipinski definition) is 2. The second kappa shape index (κ2) is 7.97. The van der Waals surface area contributed by atoms with E-state index in [-0.39, 0.29) is 23.5 Å². The van der Waals surface area contributed by atoms with Crippen LogP contribution in [0.2, 0.25) is 5.02 Å². The summed E-state index contributed by atoms with van der Waals surface area (Å²) in [5, 5.41) is 4.16. The van der Waals surface area contributed by atoms with E-state index in [0.717, 1.165) is 49.2 Å². The minimum absolute atomic E-state index is 0.0916. The molecule has 2 atom stereocenters. The molecular weight excluding hydrogens is 468 g/mol. The van der Waals surface area contributed by atoms with E-state index in [1.165, 1.54) is 32.8 Å². The summed E-state index contributed by atoms with van der Waals surface area (Å²) in [5.41, 5.74) is 5.65. The van der Waals surface area contributed by atoms with Gasteiger partial charge in [-0.15, -0.1) is 0 Å². The van der Waals surface area contributed by atoms with Gasteiger partial charge in [0.25, 0.3) is 11.9 Å². The van der Waals surface area contributed by atoms with E-state index < -0.39 is 16.1 Å². The lowest BCUT2D eigenvalue weighted by atomic mass is 9.98. The molecule has 11 heteroatoms. The third-order valence-electron chi connectivity index (χ3n) is 7.31. The van der Waals surface area contributed by atoms with Crippen molar-refractivity contribution < 1.29 is 22.4 Å². The average molecular weight is 493 g/mol. The van der Waals surface area contributed by atoms with Crippen LogP contribution in [0.4, 0.5) is 11.7 Å². The molecule has 3 heterocycles. The van der Waals surface area contributed by atoms with Crippen molar-refractivity contribution in [1.82, 2.24) is 14.0 Å². The number of amides is 1. The van der Waals surface area contributed by atoms with Crippen LogP contribution in [-0.2, 0) is 40.6 Å². The van der Waals surface area contributed by atoms with E-state index in [1.54, 1.807) is 0 Å². The van der Waals surface area contributed by atoms with Crippen LogP contribution in [0.25, 0.3) is 0 Å². The molecule has 0 saturated carbocycles. The summed E-state index contributed by atoms with van der Waals surface area (Å²) in [4.78, 5) is 16.9. The van der Waals surface area contributed by atoms with E-state index in [4.69, 9.17) is 20.8 Å². The lowest BCUT2D eigenvalue weighted by Crippen LogP contribution is -2.43. The number of nitrogens with one attached hydrogen (secondary N) is 2. The van der Waals surface area contributed by atoms with Gasteiger partial charge in [0.2, 0.25) is 0 Å². The number of carbonyl (C=O) groups is 1. The van der Waals surface area contributed by atoms with Gasteiger partial charge in [-0.3, -0.25) is 4.79 Å². The molecular formula is C22H25ClN4O5S. The first-order valence-electron chi connectivity index (χ1n) is 11.4. The fourth-order valence-corrected chi connectivity index (χ4v) is 7.32. The number of anilines is 2. The third-order valence-corrected chi connectivity index (χ3v) is 9.18. The Balaban J connectivity index is 1.20. The number of hydrogen-bond acceptors (Lipinski definition) is 7. The van der Waals surface area contributed by atoms with Crippen LogP contribution >= 0.6 is 11.6 Å². The van der Waals surface area contributed by atoms with E-state index >= 15 is 0 Å². The highest BCUT2D eigenvalue weighted by molar-refractivity contribution is 7.87. The first-order valence-corrected chi connectivity index (χ1v) is 13.2. The monoisotopic (exact) mass is 492 g/mol. The smallest absolute Gasteiger partial charge is 0.304 e. The highest BCUT2D eigenvalue weighted by Gasteiger charge is 2.42. The quantitative estimate of drug-likeness (QED) is 0.659. The van der Waals surface area contributed by atoms with Crippen LogP contribution in [0, 0.1) is 11.8 Å². The average Bonchev–Trinajstić information content (AvgIpc) is 3.57. The molecule has 2 N–H and O–H groups in total. The van der Waals surface area contributed by atoms with Crippen LogP contribution in [0.15, 0.2) is 10.7 Å². The van der Waals surface area contributed by atoms with Crippen molar-refractivity contribution in [2.75, 3.05) is 31.6 Å². The van der Waals surface area contributed by atoms with Crippen molar-refractivity contribution in [2.45, 2.75) is 38.5 Å². The molecule has 2 aliphatic heterocycles. The number of benzene rings is 1. The number of rotatable bonds is 5. The Morgan fingerprint density at radius 1 is 1.03 bits per heavy atom. The first-order chi connectivity index (χ1) is 15.9. The largest absolute Gasteiger partial charge is 0.431 e. The topological polar surface area (TPSA) is 114 Å². The third kappa shape index (κ3) is 3.63. The van der Waals surface area contributed by atoms with Crippen LogP contribution in [0.5, 0.6) is 0 Å². The van der Waals surface area contributed by atoms with Crippen molar-refractivity contribution >= 4 is 39.4 Å². The second-order valence-corrected chi connectivity index (χ2v) is 11.3. The lowest BCUT2D eigenvalue weighted by Gasteiger charge is -2.17.